The topological polar surface area (TPSA) is 189 Å². The first-order valence-corrected chi connectivity index (χ1v) is 21.1. The Kier molecular flexibility index (Phi) is 11.1. The molecular weight excluding hydrogens is 779 g/mol. The summed E-state index contributed by atoms with van der Waals surface area (Å²) in [5, 5.41) is 16.1. The number of aromatic nitrogens is 2. The van der Waals surface area contributed by atoms with Gasteiger partial charge < -0.3 is 30.1 Å². The lowest BCUT2D eigenvalue weighted by atomic mass is 9.94. The number of rotatable bonds is 11. The molecule has 16 nitrogen and oxygen atoms in total. The zero-order chi connectivity index (χ0) is 42.2. The molecule has 0 aliphatic carbocycles. The molecule has 1 aromatic heterocycles. The highest BCUT2D eigenvalue weighted by molar-refractivity contribution is 6.23. The number of piperidine rings is 3. The van der Waals surface area contributed by atoms with Crippen molar-refractivity contribution in [2.45, 2.75) is 69.8 Å². The zero-order valence-corrected chi connectivity index (χ0v) is 34.0. The lowest BCUT2D eigenvalue weighted by Crippen LogP contribution is -2.54. The van der Waals surface area contributed by atoms with E-state index in [0.29, 0.717) is 30.4 Å². The number of hydrogen-bond acceptors (Lipinski definition) is 11. The normalized spacial score (nSPS) is 21.3. The van der Waals surface area contributed by atoms with Crippen LogP contribution in [0.25, 0.3) is 0 Å². The number of imide groups is 2. The molecule has 4 N–H and O–H groups in total. The predicted octanol–water partition coefficient (Wildman–Crippen LogP) is 4.09. The molecule has 6 amide bonds. The Labute approximate surface area is 353 Å². The van der Waals surface area contributed by atoms with Crippen LogP contribution in [0.1, 0.15) is 92.5 Å². The van der Waals surface area contributed by atoms with E-state index in [1.54, 1.807) is 17.0 Å². The molecule has 3 saturated heterocycles. The second kappa shape index (κ2) is 16.9. The highest BCUT2D eigenvalue weighted by Crippen LogP contribution is 2.33. The summed E-state index contributed by atoms with van der Waals surface area (Å²) >= 11 is 0. The summed E-state index contributed by atoms with van der Waals surface area (Å²) in [5.74, 6) is -1.47. The van der Waals surface area contributed by atoms with Crippen LogP contribution in [0.15, 0.2) is 72.8 Å². The first-order valence-electron chi connectivity index (χ1n) is 21.1. The highest BCUT2D eigenvalue weighted by Gasteiger charge is 2.45. The third kappa shape index (κ3) is 8.12. The van der Waals surface area contributed by atoms with Gasteiger partial charge in [-0.25, -0.2) is 0 Å². The van der Waals surface area contributed by atoms with Crippen LogP contribution in [0.5, 0.6) is 0 Å². The molecule has 6 heterocycles. The van der Waals surface area contributed by atoms with Gasteiger partial charge in [0, 0.05) is 68.3 Å². The summed E-state index contributed by atoms with van der Waals surface area (Å²) in [4.78, 5) is 84.9. The number of benzene rings is 3. The smallest absolute Gasteiger partial charge is 0.262 e. The number of H-pyrrole nitrogens is 1. The number of hydrogen-bond donors (Lipinski definition) is 4. The molecule has 0 bridgehead atoms. The summed E-state index contributed by atoms with van der Waals surface area (Å²) < 4.78 is 5.56. The van der Waals surface area contributed by atoms with E-state index in [9.17, 15) is 28.8 Å². The van der Waals surface area contributed by atoms with Crippen LogP contribution >= 0.6 is 0 Å². The van der Waals surface area contributed by atoms with E-state index in [-0.39, 0.29) is 41.8 Å². The van der Waals surface area contributed by atoms with Gasteiger partial charge in [-0.2, -0.15) is 5.10 Å². The SMILES string of the molecule is COC(C(=O)N1Cc2[nH]nc(NC(=O)c3ccc(N4CCC(CN5CCC[C@@H](Nc6ccc7c(c6)C(=O)N(C6CCC(=O)NC6=O)C7=O)C5)CC4)cc3)c2C1)c1ccccc1. The standard InChI is InChI=1S/C45H49N9O7/c1-61-39(28-6-3-2-4-7-28)45(60)53-25-35-36(26-53)49-50-40(35)48-41(56)29-9-12-32(13-10-29)52-20-17-27(18-21-52)23-51-19-5-8-31(24-51)46-30-11-14-33-34(22-30)44(59)54(43(33)58)37-15-16-38(55)47-42(37)57/h2-4,6-7,9-14,22,27,31,37,39,46H,5,8,15-21,23-26H2,1H3,(H,47,55,57)(H2,48,49,50,56)/t31-,37?,39?/m1/s1. The minimum atomic E-state index is -0.986. The van der Waals surface area contributed by atoms with Gasteiger partial charge in [0.15, 0.2) is 11.9 Å². The number of nitrogens with one attached hydrogen (secondary N) is 4. The van der Waals surface area contributed by atoms with Crippen LogP contribution in [0.2, 0.25) is 0 Å². The van der Waals surface area contributed by atoms with Crippen molar-refractivity contribution in [1.29, 1.82) is 0 Å². The molecule has 3 atom stereocenters. The molecule has 5 aliphatic rings. The van der Waals surface area contributed by atoms with E-state index < -0.39 is 35.8 Å². The Morgan fingerprint density at radius 3 is 2.41 bits per heavy atom. The number of ether oxygens (including phenoxy) is 1. The number of anilines is 3. The Morgan fingerprint density at radius 1 is 0.885 bits per heavy atom. The molecule has 3 aromatic carbocycles. The minimum absolute atomic E-state index is 0.0828. The molecule has 0 saturated carbocycles. The summed E-state index contributed by atoms with van der Waals surface area (Å²) in [6.07, 6.45) is 3.64. The van der Waals surface area contributed by atoms with Crippen molar-refractivity contribution in [3.63, 3.8) is 0 Å². The molecule has 16 heteroatoms. The maximum atomic E-state index is 13.4. The first-order chi connectivity index (χ1) is 29.6. The summed E-state index contributed by atoms with van der Waals surface area (Å²) in [6.45, 7) is 5.42. The van der Waals surface area contributed by atoms with E-state index in [4.69, 9.17) is 4.74 Å². The largest absolute Gasteiger partial charge is 0.381 e. The number of carbonyl (C=O) groups is 6. The number of aromatic amines is 1. The van der Waals surface area contributed by atoms with Gasteiger partial charge in [0.25, 0.3) is 23.6 Å². The van der Waals surface area contributed by atoms with Crippen LogP contribution in [0.4, 0.5) is 17.2 Å². The van der Waals surface area contributed by atoms with E-state index in [1.807, 2.05) is 60.7 Å². The van der Waals surface area contributed by atoms with E-state index in [0.717, 1.165) is 91.5 Å². The number of likely N-dealkylation sites (tertiary alicyclic amines) is 1. The van der Waals surface area contributed by atoms with Crippen molar-refractivity contribution in [3.05, 3.63) is 106 Å². The number of fused-ring (bicyclic) bond motifs is 2. The van der Waals surface area contributed by atoms with Gasteiger partial charge in [0.2, 0.25) is 11.8 Å². The van der Waals surface area contributed by atoms with Gasteiger partial charge in [0.1, 0.15) is 6.04 Å². The van der Waals surface area contributed by atoms with Gasteiger partial charge in [-0.05, 0) is 92.6 Å². The average molecular weight is 828 g/mol. The fourth-order valence-electron chi connectivity index (χ4n) is 9.45. The molecule has 4 aromatic rings. The Balaban J connectivity index is 0.735. The molecule has 61 heavy (non-hydrogen) atoms. The predicted molar refractivity (Wildman–Crippen MR) is 225 cm³/mol. The summed E-state index contributed by atoms with van der Waals surface area (Å²) in [5.41, 5.74) is 5.27. The fraction of sp³-hybridized carbons (Fsp3) is 0.400. The highest BCUT2D eigenvalue weighted by atomic mass is 16.5. The monoisotopic (exact) mass is 827 g/mol. The van der Waals surface area contributed by atoms with Gasteiger partial charge >= 0.3 is 0 Å². The number of methoxy groups -OCH3 is 1. The van der Waals surface area contributed by atoms with Gasteiger partial charge in [-0.3, -0.25) is 44.1 Å². The second-order valence-electron chi connectivity index (χ2n) is 16.6. The molecule has 5 aliphatic heterocycles. The average Bonchev–Trinajstić information content (AvgIpc) is 3.94. The maximum absolute atomic E-state index is 13.4. The zero-order valence-electron chi connectivity index (χ0n) is 34.0. The van der Waals surface area contributed by atoms with Crippen LogP contribution < -0.4 is 20.9 Å². The lowest BCUT2D eigenvalue weighted by Gasteiger charge is -2.39. The quantitative estimate of drug-likeness (QED) is 0.160. The Morgan fingerprint density at radius 2 is 1.66 bits per heavy atom. The second-order valence-corrected chi connectivity index (χ2v) is 16.6. The van der Waals surface area contributed by atoms with E-state index in [2.05, 4.69) is 35.9 Å². The summed E-state index contributed by atoms with van der Waals surface area (Å²) in [6, 6.07) is 21.4. The molecule has 0 radical (unpaired) electrons. The lowest BCUT2D eigenvalue weighted by molar-refractivity contribution is -0.143. The van der Waals surface area contributed by atoms with E-state index in [1.165, 1.54) is 7.11 Å². The van der Waals surface area contributed by atoms with Crippen molar-refractivity contribution in [3.8, 4) is 0 Å². The molecule has 0 spiro atoms. The van der Waals surface area contributed by atoms with Gasteiger partial charge in [0.05, 0.1) is 29.9 Å². The van der Waals surface area contributed by atoms with Crippen molar-refractivity contribution in [1.82, 2.24) is 30.2 Å². The van der Waals surface area contributed by atoms with Gasteiger partial charge in [-0.1, -0.05) is 30.3 Å². The first kappa shape index (κ1) is 40.0. The van der Waals surface area contributed by atoms with E-state index >= 15 is 0 Å². The third-order valence-corrected chi connectivity index (χ3v) is 12.7. The minimum Gasteiger partial charge on any atom is -0.381 e. The number of nitrogens with zero attached hydrogens (tertiary/aromatic N) is 5. The third-order valence-electron chi connectivity index (χ3n) is 12.7. The van der Waals surface area contributed by atoms with Crippen molar-refractivity contribution in [2.24, 2.45) is 5.92 Å². The molecular formula is C45H49N9O7. The van der Waals surface area contributed by atoms with Crippen LogP contribution in [0, 0.1) is 5.92 Å². The number of carbonyl (C=O) groups excluding carboxylic acids is 6. The molecule has 3 fully saturated rings. The van der Waals surface area contributed by atoms with Crippen LogP contribution in [0.3, 0.4) is 0 Å². The molecule has 9 rings (SSSR count). The van der Waals surface area contributed by atoms with Crippen molar-refractivity contribution >= 4 is 52.6 Å². The molecule has 316 valence electrons. The Bertz CT molecular complexity index is 2360. The summed E-state index contributed by atoms with van der Waals surface area (Å²) in [7, 11) is 1.53. The maximum Gasteiger partial charge on any atom is 0.262 e. The molecule has 2 unspecified atom stereocenters. The van der Waals surface area contributed by atoms with Crippen molar-refractivity contribution < 1.29 is 33.5 Å². The van der Waals surface area contributed by atoms with Crippen LogP contribution in [-0.4, -0.2) is 112 Å². The van der Waals surface area contributed by atoms with Crippen LogP contribution in [-0.2, 0) is 32.2 Å². The Hall–Kier alpha value is -6.39. The number of amides is 6. The fourth-order valence-corrected chi connectivity index (χ4v) is 9.45. The van der Waals surface area contributed by atoms with Crippen molar-refractivity contribution in [2.75, 3.05) is 55.4 Å². The van der Waals surface area contributed by atoms with Gasteiger partial charge in [-0.15, -0.1) is 0 Å².